The van der Waals surface area contributed by atoms with Crippen molar-refractivity contribution in [3.63, 3.8) is 0 Å². The molecule has 168 valence electrons. The van der Waals surface area contributed by atoms with Gasteiger partial charge in [0, 0.05) is 12.8 Å². The van der Waals surface area contributed by atoms with Crippen molar-refractivity contribution in [2.75, 3.05) is 13.1 Å². The Morgan fingerprint density at radius 1 is 0.656 bits per heavy atom. The molecule has 0 bridgehead atoms. The summed E-state index contributed by atoms with van der Waals surface area (Å²) >= 11 is 0. The van der Waals surface area contributed by atoms with Gasteiger partial charge in [-0.15, -0.1) is 0 Å². The van der Waals surface area contributed by atoms with Crippen LogP contribution in [0.15, 0.2) is 0 Å². The van der Waals surface area contributed by atoms with Crippen LogP contribution >= 0.6 is 0 Å². The molecule has 32 heavy (non-hydrogen) atoms. The predicted octanol–water partition coefficient (Wildman–Crippen LogP) is -13.5. The summed E-state index contributed by atoms with van der Waals surface area (Å²) in [5.74, 6) is -7.68. The van der Waals surface area contributed by atoms with Gasteiger partial charge < -0.3 is 42.1 Å². The molecule has 0 radical (unpaired) electrons. The van der Waals surface area contributed by atoms with Gasteiger partial charge in [0.1, 0.15) is 12.1 Å². The first-order valence-electron chi connectivity index (χ1n) is 7.60. The minimum Gasteiger partial charge on any atom is -1.00 e. The fourth-order valence-electron chi connectivity index (χ4n) is 1.75. The van der Waals surface area contributed by atoms with Crippen LogP contribution in [0.4, 0.5) is 0 Å². The number of aliphatic carboxylic acids is 6. The van der Waals surface area contributed by atoms with E-state index in [0.29, 0.717) is 4.90 Å². The van der Waals surface area contributed by atoms with Gasteiger partial charge in [0.05, 0.1) is 13.1 Å². The van der Waals surface area contributed by atoms with Crippen LogP contribution in [0.3, 0.4) is 0 Å². The number of nitrogens with zero attached hydrogens (tertiary/aromatic N) is 1. The van der Waals surface area contributed by atoms with E-state index in [-0.39, 0.29) is 165 Å². The molecule has 0 amide bonds. The van der Waals surface area contributed by atoms with Crippen LogP contribution in [0, 0.1) is 0 Å². The molecular formula is C14H26KN2Na3O12. The maximum absolute atomic E-state index is 10.9. The maximum Gasteiger partial charge on any atom is 1.00 e. The van der Waals surface area contributed by atoms with Crippen molar-refractivity contribution in [2.45, 2.75) is 37.8 Å². The van der Waals surface area contributed by atoms with Gasteiger partial charge in [-0.05, 0) is 12.8 Å². The number of nitrogens with two attached hydrogens (primary N) is 1. The van der Waals surface area contributed by atoms with Gasteiger partial charge in [-0.25, -0.2) is 0 Å². The maximum atomic E-state index is 10.9. The third-order valence-corrected chi connectivity index (χ3v) is 3.02. The van der Waals surface area contributed by atoms with Crippen molar-refractivity contribution < 1.29 is 205 Å². The van der Waals surface area contributed by atoms with E-state index in [1.807, 2.05) is 0 Å². The van der Waals surface area contributed by atoms with E-state index in [4.69, 9.17) is 36.4 Å². The molecule has 14 nitrogen and oxygen atoms in total. The third-order valence-electron chi connectivity index (χ3n) is 3.02. The summed E-state index contributed by atoms with van der Waals surface area (Å²) in [6.07, 6.45) is -1.09. The zero-order valence-corrected chi connectivity index (χ0v) is 27.7. The summed E-state index contributed by atoms with van der Waals surface area (Å²) in [6.45, 7) is -1.58. The minimum absolute atomic E-state index is 0. The Kier molecular flexibility index (Phi) is 39.3. The van der Waals surface area contributed by atoms with Crippen molar-refractivity contribution in [3.05, 3.63) is 0 Å². The zero-order valence-electron chi connectivity index (χ0n) is 22.6. The summed E-state index contributed by atoms with van der Waals surface area (Å²) in [5, 5.41) is 50.7. The Morgan fingerprint density at radius 2 is 1.00 bits per heavy atom. The molecule has 0 aliphatic rings. The Hall–Kier alpha value is 1.38. The van der Waals surface area contributed by atoms with Crippen LogP contribution in [0.25, 0.3) is 0 Å². The molecule has 0 aliphatic heterocycles. The van der Waals surface area contributed by atoms with E-state index >= 15 is 0 Å². The molecule has 0 aromatic rings. The smallest absolute Gasteiger partial charge is 1.00 e. The van der Waals surface area contributed by atoms with Crippen LogP contribution < -0.4 is 146 Å². The molecule has 18 heteroatoms. The second kappa shape index (κ2) is 27.0. The Balaban J connectivity index is -0.0000000419. The normalized spacial score (nSPS) is 10.7. The van der Waals surface area contributed by atoms with Crippen molar-refractivity contribution in [2.24, 2.45) is 5.73 Å². The standard InChI is InChI=1S/C9H13NO8.C5H9NO4.K.3Na.4H/c11-6(12)2-1-5(9(17)18)10(3-7(13)14)4-8(15)16;6-3(5(9)10)1-2-4(7)8;;;;;;;;/h5H,1-4H2,(H,11,12)(H,13,14)(H,15,16)(H,17,18);3H,1-2,6H2,(H,7,8)(H,9,10);;;;;;;;/q;;4*+1;4*-1/t5-;3-;;;;;;;;/m00......../s1. The van der Waals surface area contributed by atoms with Gasteiger partial charge in [0.2, 0.25) is 0 Å². The number of carboxylic acids is 6. The molecule has 0 aromatic heterocycles. The Bertz CT molecular complexity index is 614. The summed E-state index contributed by atoms with van der Waals surface area (Å²) in [5.41, 5.74) is 5.00. The van der Waals surface area contributed by atoms with Crippen LogP contribution in [0.2, 0.25) is 0 Å². The molecule has 0 spiro atoms. The van der Waals surface area contributed by atoms with Gasteiger partial charge in [-0.2, -0.15) is 0 Å². The number of carboxylic acid groups (broad SMARTS) is 6. The second-order valence-corrected chi connectivity index (χ2v) is 5.36. The van der Waals surface area contributed by atoms with E-state index in [0.717, 1.165) is 0 Å². The predicted molar refractivity (Wildman–Crippen MR) is 92.1 cm³/mol. The summed E-state index contributed by atoms with van der Waals surface area (Å²) < 4.78 is 0. The van der Waals surface area contributed by atoms with Gasteiger partial charge in [0.15, 0.2) is 0 Å². The van der Waals surface area contributed by atoms with Gasteiger partial charge in [0.25, 0.3) is 0 Å². The molecule has 0 saturated heterocycles. The average molecular weight is 522 g/mol. The molecule has 0 saturated carbocycles. The topological polar surface area (TPSA) is 253 Å². The first-order valence-corrected chi connectivity index (χ1v) is 7.60. The second-order valence-electron chi connectivity index (χ2n) is 5.36. The van der Waals surface area contributed by atoms with E-state index in [1.54, 1.807) is 0 Å². The first-order chi connectivity index (χ1) is 12.8. The van der Waals surface area contributed by atoms with Gasteiger partial charge in [-0.3, -0.25) is 33.7 Å². The van der Waals surface area contributed by atoms with Crippen molar-refractivity contribution in [1.29, 1.82) is 0 Å². The quantitative estimate of drug-likeness (QED) is 0.111. The van der Waals surface area contributed by atoms with Crippen molar-refractivity contribution in [1.82, 2.24) is 4.90 Å². The Morgan fingerprint density at radius 3 is 1.25 bits per heavy atom. The molecule has 0 fully saturated rings. The molecule has 0 unspecified atom stereocenters. The molecule has 0 heterocycles. The third kappa shape index (κ3) is 29.4. The first kappa shape index (κ1) is 46.7. The Labute approximate surface area is 297 Å². The van der Waals surface area contributed by atoms with Crippen LogP contribution in [0.1, 0.15) is 31.4 Å². The number of carbonyl (C=O) groups is 6. The summed E-state index contributed by atoms with van der Waals surface area (Å²) in [4.78, 5) is 62.8. The fourth-order valence-corrected chi connectivity index (χ4v) is 1.75. The van der Waals surface area contributed by atoms with E-state index in [1.165, 1.54) is 0 Å². The van der Waals surface area contributed by atoms with Gasteiger partial charge >= 0.3 is 176 Å². The molecular weight excluding hydrogens is 496 g/mol. The van der Waals surface area contributed by atoms with Crippen molar-refractivity contribution >= 4 is 35.8 Å². The largest absolute Gasteiger partial charge is 1.00 e. The van der Waals surface area contributed by atoms with Crippen molar-refractivity contribution in [3.8, 4) is 0 Å². The average Bonchev–Trinajstić information content (AvgIpc) is 2.51. The number of rotatable bonds is 13. The van der Waals surface area contributed by atoms with E-state index < -0.39 is 67.4 Å². The van der Waals surface area contributed by atoms with Gasteiger partial charge in [-0.1, -0.05) is 0 Å². The van der Waals surface area contributed by atoms with Crippen LogP contribution in [0.5, 0.6) is 0 Å². The van der Waals surface area contributed by atoms with Crippen LogP contribution in [-0.2, 0) is 28.8 Å². The van der Waals surface area contributed by atoms with E-state index in [2.05, 4.69) is 0 Å². The molecule has 2 atom stereocenters. The minimum atomic E-state index is -1.46. The summed E-state index contributed by atoms with van der Waals surface area (Å²) in [7, 11) is 0. The zero-order chi connectivity index (χ0) is 22.4. The molecule has 0 rings (SSSR count). The van der Waals surface area contributed by atoms with Crippen LogP contribution in [-0.4, -0.2) is 96.5 Å². The molecule has 8 N–H and O–H groups in total. The fraction of sp³-hybridized carbons (Fsp3) is 0.571. The molecule has 0 aromatic carbocycles. The number of hydrogen-bond acceptors (Lipinski definition) is 8. The number of hydrogen-bond donors (Lipinski definition) is 7. The SMILES string of the molecule is N[C@@H](CCC(=O)O)C(=O)O.O=C(O)CC[C@@H](C(=O)O)N(CC(=O)O)CC(=O)O.[H-].[H-].[H-].[H-].[K+].[Na+].[Na+].[Na+]. The summed E-state index contributed by atoms with van der Waals surface area (Å²) in [6, 6.07) is -2.52. The molecule has 0 aliphatic carbocycles. The monoisotopic (exact) mass is 522 g/mol. The van der Waals surface area contributed by atoms with E-state index in [9.17, 15) is 28.8 Å².